The Hall–Kier alpha value is -1.30. The largest absolute Gasteiger partial charge is 0.480 e. The van der Waals surface area contributed by atoms with Crippen LogP contribution in [0.25, 0.3) is 0 Å². The number of hydrogen-bond donors (Lipinski definition) is 2. The summed E-state index contributed by atoms with van der Waals surface area (Å²) in [4.78, 5) is 26.6. The van der Waals surface area contributed by atoms with Crippen LogP contribution in [0.4, 0.5) is 4.79 Å². The Morgan fingerprint density at radius 1 is 1.35 bits per heavy atom. The second-order valence-corrected chi connectivity index (χ2v) is 5.41. The van der Waals surface area contributed by atoms with Gasteiger partial charge in [0.1, 0.15) is 6.54 Å². The summed E-state index contributed by atoms with van der Waals surface area (Å²) in [6.07, 6.45) is 4.20. The van der Waals surface area contributed by atoms with E-state index in [1.54, 1.807) is 0 Å². The number of rotatable bonds is 8. The van der Waals surface area contributed by atoms with E-state index in [1.165, 1.54) is 17.7 Å². The van der Waals surface area contributed by atoms with E-state index in [0.717, 1.165) is 32.5 Å². The molecule has 0 aromatic rings. The molecule has 2 N–H and O–H groups in total. The number of carbonyl (C=O) groups excluding carboxylic acids is 1. The first-order valence-corrected chi connectivity index (χ1v) is 7.53. The predicted molar refractivity (Wildman–Crippen MR) is 77.8 cm³/mol. The molecule has 2 amide bonds. The number of carboxylic acid groups (broad SMARTS) is 1. The molecule has 1 unspecified atom stereocenters. The number of aliphatic carboxylic acids is 1. The van der Waals surface area contributed by atoms with Gasteiger partial charge in [0.2, 0.25) is 0 Å². The molecule has 1 fully saturated rings. The van der Waals surface area contributed by atoms with Crippen LogP contribution in [0.15, 0.2) is 0 Å². The second-order valence-electron chi connectivity index (χ2n) is 5.41. The van der Waals surface area contributed by atoms with Gasteiger partial charge < -0.3 is 20.2 Å². The topological polar surface area (TPSA) is 72.9 Å². The number of carboxylic acids is 1. The Morgan fingerprint density at radius 3 is 2.55 bits per heavy atom. The standard InChI is InChI=1S/C14H27N3O3/c1-3-12(2)17(11-13(18)19)14(20)15-7-6-10-16-8-4-5-9-16/h12H,3-11H2,1-2H3,(H,15,20)(H,18,19). The second kappa shape index (κ2) is 8.79. The Labute approximate surface area is 121 Å². The van der Waals surface area contributed by atoms with Crippen molar-refractivity contribution in [2.24, 2.45) is 0 Å². The van der Waals surface area contributed by atoms with Gasteiger partial charge in [-0.2, -0.15) is 0 Å². The molecule has 0 saturated carbocycles. The summed E-state index contributed by atoms with van der Waals surface area (Å²) in [7, 11) is 0. The summed E-state index contributed by atoms with van der Waals surface area (Å²) in [5, 5.41) is 11.7. The van der Waals surface area contributed by atoms with Crippen molar-refractivity contribution in [3.8, 4) is 0 Å². The quantitative estimate of drug-likeness (QED) is 0.661. The molecule has 1 aliphatic heterocycles. The van der Waals surface area contributed by atoms with E-state index in [1.807, 2.05) is 13.8 Å². The normalized spacial score (nSPS) is 16.9. The van der Waals surface area contributed by atoms with Crippen LogP contribution in [0.2, 0.25) is 0 Å². The van der Waals surface area contributed by atoms with Crippen LogP contribution in [-0.4, -0.2) is 65.7 Å². The molecule has 0 aromatic carbocycles. The highest BCUT2D eigenvalue weighted by Crippen LogP contribution is 2.07. The van der Waals surface area contributed by atoms with Crippen molar-refractivity contribution in [2.75, 3.05) is 32.7 Å². The summed E-state index contributed by atoms with van der Waals surface area (Å²) in [5.74, 6) is -0.975. The van der Waals surface area contributed by atoms with Crippen LogP contribution in [0.1, 0.15) is 39.5 Å². The van der Waals surface area contributed by atoms with Gasteiger partial charge in [-0.1, -0.05) is 6.92 Å². The van der Waals surface area contributed by atoms with E-state index in [-0.39, 0.29) is 18.6 Å². The van der Waals surface area contributed by atoms with Crippen LogP contribution >= 0.6 is 0 Å². The first kappa shape index (κ1) is 16.8. The molecule has 0 spiro atoms. The molecule has 0 aliphatic carbocycles. The molecular weight excluding hydrogens is 258 g/mol. The number of nitrogens with zero attached hydrogens (tertiary/aromatic N) is 2. The minimum absolute atomic E-state index is 0.0651. The first-order valence-electron chi connectivity index (χ1n) is 7.53. The Balaban J connectivity index is 2.27. The zero-order valence-electron chi connectivity index (χ0n) is 12.6. The van der Waals surface area contributed by atoms with Crippen molar-refractivity contribution >= 4 is 12.0 Å². The predicted octanol–water partition coefficient (Wildman–Crippen LogP) is 1.37. The molecule has 0 aromatic heterocycles. The molecule has 20 heavy (non-hydrogen) atoms. The minimum atomic E-state index is -0.975. The molecule has 0 bridgehead atoms. The highest BCUT2D eigenvalue weighted by Gasteiger charge is 2.21. The number of urea groups is 1. The molecule has 0 radical (unpaired) electrons. The van der Waals surface area contributed by atoms with Crippen LogP contribution in [-0.2, 0) is 4.79 Å². The maximum absolute atomic E-state index is 12.0. The number of carbonyl (C=O) groups is 2. The SMILES string of the molecule is CCC(C)N(CC(=O)O)C(=O)NCCCN1CCCC1. The van der Waals surface area contributed by atoms with Crippen LogP contribution in [0.3, 0.4) is 0 Å². The smallest absolute Gasteiger partial charge is 0.323 e. The van der Waals surface area contributed by atoms with Gasteiger partial charge in [-0.15, -0.1) is 0 Å². The fraction of sp³-hybridized carbons (Fsp3) is 0.857. The van der Waals surface area contributed by atoms with Crippen molar-refractivity contribution in [1.29, 1.82) is 0 Å². The Kier molecular flexibility index (Phi) is 7.36. The third-order valence-corrected chi connectivity index (χ3v) is 3.82. The molecule has 1 atom stereocenters. The van der Waals surface area contributed by atoms with Crippen molar-refractivity contribution in [3.05, 3.63) is 0 Å². The van der Waals surface area contributed by atoms with E-state index in [0.29, 0.717) is 6.54 Å². The molecule has 116 valence electrons. The summed E-state index contributed by atoms with van der Waals surface area (Å²) in [6, 6.07) is -0.340. The molecule has 1 aliphatic rings. The lowest BCUT2D eigenvalue weighted by molar-refractivity contribution is -0.138. The van der Waals surface area contributed by atoms with Crippen molar-refractivity contribution < 1.29 is 14.7 Å². The maximum Gasteiger partial charge on any atom is 0.323 e. The molecule has 1 heterocycles. The average Bonchev–Trinajstić information content (AvgIpc) is 2.92. The molecule has 6 nitrogen and oxygen atoms in total. The third kappa shape index (κ3) is 5.77. The lowest BCUT2D eigenvalue weighted by Crippen LogP contribution is -2.47. The summed E-state index contributed by atoms with van der Waals surface area (Å²) in [5.41, 5.74) is 0. The Morgan fingerprint density at radius 2 is 2.00 bits per heavy atom. The zero-order chi connectivity index (χ0) is 15.0. The number of hydrogen-bond acceptors (Lipinski definition) is 3. The third-order valence-electron chi connectivity index (χ3n) is 3.82. The average molecular weight is 285 g/mol. The van der Waals surface area contributed by atoms with Crippen LogP contribution < -0.4 is 5.32 Å². The Bertz CT molecular complexity index is 317. The van der Waals surface area contributed by atoms with E-state index >= 15 is 0 Å². The van der Waals surface area contributed by atoms with Gasteiger partial charge >= 0.3 is 12.0 Å². The van der Waals surface area contributed by atoms with Crippen molar-refractivity contribution in [2.45, 2.75) is 45.6 Å². The van der Waals surface area contributed by atoms with Gasteiger partial charge in [0.25, 0.3) is 0 Å². The lowest BCUT2D eigenvalue weighted by atomic mass is 10.2. The first-order chi connectivity index (χ1) is 9.54. The van der Waals surface area contributed by atoms with Crippen LogP contribution in [0, 0.1) is 0 Å². The molecular formula is C14H27N3O3. The van der Waals surface area contributed by atoms with E-state index in [2.05, 4.69) is 10.2 Å². The fourth-order valence-electron chi connectivity index (χ4n) is 2.40. The van der Waals surface area contributed by atoms with E-state index < -0.39 is 5.97 Å². The number of likely N-dealkylation sites (tertiary alicyclic amines) is 1. The monoisotopic (exact) mass is 285 g/mol. The summed E-state index contributed by atoms with van der Waals surface area (Å²) in [6.45, 7) is 7.49. The maximum atomic E-state index is 12.0. The zero-order valence-corrected chi connectivity index (χ0v) is 12.6. The number of amides is 2. The van der Waals surface area contributed by atoms with Gasteiger partial charge in [-0.05, 0) is 52.2 Å². The molecule has 1 rings (SSSR count). The van der Waals surface area contributed by atoms with Gasteiger partial charge in [0.05, 0.1) is 0 Å². The van der Waals surface area contributed by atoms with E-state index in [9.17, 15) is 9.59 Å². The molecule has 6 heteroatoms. The number of nitrogens with one attached hydrogen (secondary N) is 1. The van der Waals surface area contributed by atoms with Gasteiger partial charge in [0, 0.05) is 12.6 Å². The summed E-state index contributed by atoms with van der Waals surface area (Å²) < 4.78 is 0. The van der Waals surface area contributed by atoms with Crippen LogP contribution in [0.5, 0.6) is 0 Å². The van der Waals surface area contributed by atoms with Gasteiger partial charge in [0.15, 0.2) is 0 Å². The van der Waals surface area contributed by atoms with E-state index in [4.69, 9.17) is 5.11 Å². The van der Waals surface area contributed by atoms with Crippen molar-refractivity contribution in [1.82, 2.24) is 15.1 Å². The minimum Gasteiger partial charge on any atom is -0.480 e. The lowest BCUT2D eigenvalue weighted by Gasteiger charge is -2.27. The highest BCUT2D eigenvalue weighted by molar-refractivity contribution is 5.80. The van der Waals surface area contributed by atoms with Gasteiger partial charge in [-0.3, -0.25) is 4.79 Å². The summed E-state index contributed by atoms with van der Waals surface area (Å²) >= 11 is 0. The molecule has 1 saturated heterocycles. The van der Waals surface area contributed by atoms with Crippen molar-refractivity contribution in [3.63, 3.8) is 0 Å². The van der Waals surface area contributed by atoms with Gasteiger partial charge in [-0.25, -0.2) is 4.79 Å². The highest BCUT2D eigenvalue weighted by atomic mass is 16.4. The fourth-order valence-corrected chi connectivity index (χ4v) is 2.40.